The molecule has 0 bridgehead atoms. The molecule has 8 heteroatoms. The first-order valence-electron chi connectivity index (χ1n) is 12.3. The monoisotopic (exact) mass is 482 g/mol. The van der Waals surface area contributed by atoms with Gasteiger partial charge >= 0.3 is 11.9 Å². The van der Waals surface area contributed by atoms with Crippen LogP contribution in [0.3, 0.4) is 0 Å². The molecule has 3 aliphatic rings. The minimum Gasteiger partial charge on any atom is -0.469 e. The van der Waals surface area contributed by atoms with Gasteiger partial charge in [-0.3, -0.25) is 9.59 Å². The van der Waals surface area contributed by atoms with Crippen molar-refractivity contribution in [1.29, 1.82) is 0 Å². The summed E-state index contributed by atoms with van der Waals surface area (Å²) in [5.41, 5.74) is 1.05. The number of cyclic esters (lactones) is 1. The number of esters is 2. The van der Waals surface area contributed by atoms with Gasteiger partial charge in [0.05, 0.1) is 38.3 Å². The summed E-state index contributed by atoms with van der Waals surface area (Å²) in [7, 11) is -0.980. The average Bonchev–Trinajstić information content (AvgIpc) is 3.29. The molecular weight excluding hydrogens is 440 g/mol. The molecule has 6 atom stereocenters. The lowest BCUT2D eigenvalue weighted by Crippen LogP contribution is -2.57. The normalized spacial score (nSPS) is 32.4. The van der Waals surface area contributed by atoms with E-state index >= 15 is 0 Å². The highest BCUT2D eigenvalue weighted by atomic mass is 28.4. The van der Waals surface area contributed by atoms with Crippen molar-refractivity contribution in [3.8, 4) is 0 Å². The lowest BCUT2D eigenvalue weighted by atomic mass is 9.69. The molecule has 0 saturated carbocycles. The van der Waals surface area contributed by atoms with Gasteiger partial charge in [0.2, 0.25) is 8.32 Å². The van der Waals surface area contributed by atoms with Crippen LogP contribution in [0.5, 0.6) is 0 Å². The first-order valence-corrected chi connectivity index (χ1v) is 14.4. The van der Waals surface area contributed by atoms with Crippen LogP contribution >= 0.6 is 0 Å². The van der Waals surface area contributed by atoms with Crippen molar-refractivity contribution >= 4 is 20.3 Å². The molecule has 33 heavy (non-hydrogen) atoms. The molecule has 0 radical (unpaired) electrons. The van der Waals surface area contributed by atoms with Gasteiger partial charge in [0, 0.05) is 11.8 Å². The lowest BCUT2D eigenvalue weighted by Gasteiger charge is -2.48. The summed E-state index contributed by atoms with van der Waals surface area (Å²) in [6, 6.07) is 0. The van der Waals surface area contributed by atoms with Crippen LogP contribution in [-0.2, 0) is 33.0 Å². The summed E-state index contributed by atoms with van der Waals surface area (Å²) >= 11 is 0. The van der Waals surface area contributed by atoms with Gasteiger partial charge in [-0.15, -0.1) is 0 Å². The van der Waals surface area contributed by atoms with E-state index in [1.807, 2.05) is 26.0 Å². The standard InChI is InChI=1S/C25H42O7Si/c1-14(2)33(15(3)4,16(5)6)32-22(19-13-30-25(7,8)31-19)18-11-10-17-12-29-24(27)20(17)21(18)23(26)28-9/h10-11,14-22H,12-13H2,1-9H3/t17-,18-,19-,20-,21+,22+/m1/s1. The van der Waals surface area contributed by atoms with Crippen molar-refractivity contribution in [2.24, 2.45) is 23.7 Å². The molecule has 1 aliphatic carbocycles. The fourth-order valence-electron chi connectivity index (χ4n) is 6.45. The number of carbonyl (C=O) groups excluding carboxylic acids is 2. The van der Waals surface area contributed by atoms with Crippen LogP contribution in [0.4, 0.5) is 0 Å². The van der Waals surface area contributed by atoms with E-state index in [9.17, 15) is 9.59 Å². The van der Waals surface area contributed by atoms with Crippen LogP contribution in [0.2, 0.25) is 16.6 Å². The summed E-state index contributed by atoms with van der Waals surface area (Å²) in [5.74, 6) is -3.24. The molecule has 0 spiro atoms. The van der Waals surface area contributed by atoms with Crippen molar-refractivity contribution in [1.82, 2.24) is 0 Å². The van der Waals surface area contributed by atoms with E-state index in [-0.39, 0.29) is 23.9 Å². The van der Waals surface area contributed by atoms with E-state index in [1.54, 1.807) is 0 Å². The SMILES string of the molecule is COC(=O)[C@H]1[C@H]([C@H](O[Si](C(C)C)(C(C)C)C(C)C)[C@H]2COC(C)(C)O2)C=C[C@@H]2COC(=O)[C@@H]12. The quantitative estimate of drug-likeness (QED) is 0.287. The summed E-state index contributed by atoms with van der Waals surface area (Å²) in [4.78, 5) is 25.8. The van der Waals surface area contributed by atoms with E-state index in [4.69, 9.17) is 23.4 Å². The number of rotatable bonds is 8. The van der Waals surface area contributed by atoms with Gasteiger partial charge in [0.1, 0.15) is 6.10 Å². The van der Waals surface area contributed by atoms with E-state index in [0.29, 0.717) is 29.8 Å². The Morgan fingerprint density at radius 2 is 1.67 bits per heavy atom. The van der Waals surface area contributed by atoms with Crippen molar-refractivity contribution < 1.29 is 33.0 Å². The third-order valence-corrected chi connectivity index (χ3v) is 13.9. The third-order valence-electron chi connectivity index (χ3n) is 7.83. The second-order valence-electron chi connectivity index (χ2n) is 11.1. The molecule has 2 aliphatic heterocycles. The van der Waals surface area contributed by atoms with E-state index < -0.39 is 38.0 Å². The zero-order valence-electron chi connectivity index (χ0n) is 21.6. The van der Waals surface area contributed by atoms with E-state index in [2.05, 4.69) is 41.5 Å². The maximum absolute atomic E-state index is 13.1. The fourth-order valence-corrected chi connectivity index (χ4v) is 12.0. The molecule has 0 N–H and O–H groups in total. The molecule has 2 heterocycles. The van der Waals surface area contributed by atoms with E-state index in [0.717, 1.165) is 0 Å². The highest BCUT2D eigenvalue weighted by molar-refractivity contribution is 6.77. The minimum atomic E-state index is -2.35. The van der Waals surface area contributed by atoms with Crippen LogP contribution in [0, 0.1) is 23.7 Å². The van der Waals surface area contributed by atoms with Gasteiger partial charge in [-0.05, 0) is 30.5 Å². The zero-order chi connectivity index (χ0) is 24.7. The topological polar surface area (TPSA) is 80.3 Å². The van der Waals surface area contributed by atoms with Crippen LogP contribution in [0.1, 0.15) is 55.4 Å². The highest BCUT2D eigenvalue weighted by Crippen LogP contribution is 2.48. The number of methoxy groups -OCH3 is 1. The molecule has 2 saturated heterocycles. The predicted octanol–water partition coefficient (Wildman–Crippen LogP) is 4.46. The second kappa shape index (κ2) is 9.80. The molecule has 0 unspecified atom stereocenters. The Bertz CT molecular complexity index is 738. The summed E-state index contributed by atoms with van der Waals surface area (Å²) in [6.07, 6.45) is 3.24. The maximum atomic E-state index is 13.1. The summed E-state index contributed by atoms with van der Waals surface area (Å²) < 4.78 is 30.1. The lowest BCUT2D eigenvalue weighted by molar-refractivity contribution is -0.165. The maximum Gasteiger partial charge on any atom is 0.310 e. The van der Waals surface area contributed by atoms with Crippen LogP contribution in [-0.4, -0.2) is 58.6 Å². The fraction of sp³-hybridized carbons (Fsp3) is 0.840. The Labute approximate surface area is 199 Å². The largest absolute Gasteiger partial charge is 0.469 e. The minimum absolute atomic E-state index is 0.127. The molecule has 3 rings (SSSR count). The number of hydrogen-bond donors (Lipinski definition) is 0. The van der Waals surface area contributed by atoms with Crippen molar-refractivity contribution in [2.45, 2.75) is 90.0 Å². The summed E-state index contributed by atoms with van der Waals surface area (Å²) in [5, 5.41) is 0. The van der Waals surface area contributed by atoms with Gasteiger partial charge in [0.25, 0.3) is 0 Å². The van der Waals surface area contributed by atoms with Crippen LogP contribution < -0.4 is 0 Å². The molecule has 0 aromatic heterocycles. The van der Waals surface area contributed by atoms with Gasteiger partial charge in [-0.2, -0.15) is 0 Å². The summed E-state index contributed by atoms with van der Waals surface area (Å²) in [6.45, 7) is 17.8. The van der Waals surface area contributed by atoms with Gasteiger partial charge in [-0.25, -0.2) is 0 Å². The Morgan fingerprint density at radius 1 is 1.06 bits per heavy atom. The molecule has 7 nitrogen and oxygen atoms in total. The molecule has 2 fully saturated rings. The number of carbonyl (C=O) groups is 2. The predicted molar refractivity (Wildman–Crippen MR) is 127 cm³/mol. The first kappa shape index (κ1) is 26.4. The van der Waals surface area contributed by atoms with E-state index in [1.165, 1.54) is 7.11 Å². The highest BCUT2D eigenvalue weighted by Gasteiger charge is 2.57. The molecule has 188 valence electrons. The average molecular weight is 483 g/mol. The molecular formula is C25H42O7Si. The Hall–Kier alpha value is -1.22. The molecule has 0 aromatic carbocycles. The van der Waals surface area contributed by atoms with Gasteiger partial charge in [-0.1, -0.05) is 53.7 Å². The smallest absolute Gasteiger partial charge is 0.310 e. The van der Waals surface area contributed by atoms with Crippen LogP contribution in [0.15, 0.2) is 12.2 Å². The number of ether oxygens (including phenoxy) is 4. The number of hydrogen-bond acceptors (Lipinski definition) is 7. The van der Waals surface area contributed by atoms with Crippen molar-refractivity contribution in [3.05, 3.63) is 12.2 Å². The third kappa shape index (κ3) is 4.81. The zero-order valence-corrected chi connectivity index (χ0v) is 22.6. The number of fused-ring (bicyclic) bond motifs is 1. The Balaban J connectivity index is 2.09. The van der Waals surface area contributed by atoms with Crippen molar-refractivity contribution in [3.63, 3.8) is 0 Å². The molecule has 0 aromatic rings. The second-order valence-corrected chi connectivity index (χ2v) is 16.5. The van der Waals surface area contributed by atoms with Crippen LogP contribution in [0.25, 0.3) is 0 Å². The van der Waals surface area contributed by atoms with Crippen molar-refractivity contribution in [2.75, 3.05) is 20.3 Å². The molecule has 0 amide bonds. The Kier molecular flexibility index (Phi) is 7.83. The van der Waals surface area contributed by atoms with Gasteiger partial charge in [0.15, 0.2) is 5.79 Å². The Morgan fingerprint density at radius 3 is 2.15 bits per heavy atom. The van der Waals surface area contributed by atoms with Gasteiger partial charge < -0.3 is 23.4 Å². The first-order chi connectivity index (χ1) is 15.4.